The summed E-state index contributed by atoms with van der Waals surface area (Å²) >= 11 is 13.5. The number of H-pyrrole nitrogens is 1. The molecule has 0 unspecified atom stereocenters. The zero-order valence-corrected chi connectivity index (χ0v) is 23.3. The summed E-state index contributed by atoms with van der Waals surface area (Å²) in [4.78, 5) is 38.9. The van der Waals surface area contributed by atoms with E-state index >= 15 is 0 Å². The number of aryl methyl sites for hydroxylation is 2. The van der Waals surface area contributed by atoms with Gasteiger partial charge in [0.05, 0.1) is 28.8 Å². The van der Waals surface area contributed by atoms with E-state index in [1.54, 1.807) is 14.0 Å². The number of halogens is 2. The van der Waals surface area contributed by atoms with Crippen LogP contribution in [0.5, 0.6) is 0 Å². The second-order valence-corrected chi connectivity index (χ2v) is 10.8. The molecule has 1 saturated heterocycles. The number of aromatic nitrogens is 5. The van der Waals surface area contributed by atoms with E-state index in [0.717, 1.165) is 16.9 Å². The average Bonchev–Trinajstić information content (AvgIpc) is 3.62. The van der Waals surface area contributed by atoms with Gasteiger partial charge in [-0.25, -0.2) is 19.4 Å². The van der Waals surface area contributed by atoms with Crippen LogP contribution in [0.15, 0.2) is 36.7 Å². The minimum atomic E-state index is -1.09. The molecular weight excluding hydrogens is 565 g/mol. The Morgan fingerprint density at radius 3 is 2.67 bits per heavy atom. The van der Waals surface area contributed by atoms with Crippen molar-refractivity contribution in [3.63, 3.8) is 0 Å². The molecule has 11 nitrogen and oxygen atoms in total. The molecule has 204 valence electrons. The number of ether oxygens (including phenoxy) is 1. The first-order chi connectivity index (χ1) is 18.7. The number of hydrogen-bond acceptors (Lipinski definition) is 8. The summed E-state index contributed by atoms with van der Waals surface area (Å²) in [5.41, 5.74) is 2.05. The Bertz CT molecular complexity index is 1500. The second kappa shape index (κ2) is 11.3. The number of aromatic carboxylic acids is 1. The number of nitrogens with one attached hydrogen (secondary N) is 2. The van der Waals surface area contributed by atoms with Crippen molar-refractivity contribution in [2.24, 2.45) is 7.05 Å². The molecule has 1 aliphatic rings. The van der Waals surface area contributed by atoms with Crippen molar-refractivity contribution in [1.82, 2.24) is 30.0 Å². The molecule has 0 bridgehead atoms. The maximum atomic E-state index is 13.1. The quantitative estimate of drug-likeness (QED) is 0.278. The van der Waals surface area contributed by atoms with Crippen LogP contribution in [0.3, 0.4) is 0 Å². The third kappa shape index (κ3) is 5.64. The molecule has 0 spiro atoms. The van der Waals surface area contributed by atoms with Gasteiger partial charge < -0.3 is 25.0 Å². The lowest BCUT2D eigenvalue weighted by atomic mass is 10.0. The summed E-state index contributed by atoms with van der Waals surface area (Å²) in [6, 6.07) is 9.38. The van der Waals surface area contributed by atoms with Crippen LogP contribution < -0.4 is 10.2 Å². The van der Waals surface area contributed by atoms with Gasteiger partial charge in [0.25, 0.3) is 5.91 Å². The molecule has 1 amide bonds. The normalized spacial score (nSPS) is 17.4. The Hall–Kier alpha value is -3.45. The first-order valence-corrected chi connectivity index (χ1v) is 13.6. The zero-order valence-electron chi connectivity index (χ0n) is 21.0. The van der Waals surface area contributed by atoms with E-state index in [9.17, 15) is 14.7 Å². The van der Waals surface area contributed by atoms with Gasteiger partial charge in [-0.1, -0.05) is 64.9 Å². The van der Waals surface area contributed by atoms with Crippen molar-refractivity contribution in [1.29, 1.82) is 0 Å². The average molecular weight is 590 g/mol. The van der Waals surface area contributed by atoms with Crippen LogP contribution in [-0.4, -0.2) is 67.0 Å². The van der Waals surface area contributed by atoms with Gasteiger partial charge in [0.2, 0.25) is 0 Å². The van der Waals surface area contributed by atoms with Crippen LogP contribution >= 0.6 is 34.5 Å². The molecule has 0 aliphatic carbocycles. The predicted octanol–water partition coefficient (Wildman–Crippen LogP) is 4.17. The van der Waals surface area contributed by atoms with E-state index < -0.39 is 12.1 Å². The summed E-state index contributed by atoms with van der Waals surface area (Å²) in [6.07, 6.45) is 1.45. The fourth-order valence-electron chi connectivity index (χ4n) is 4.42. The number of anilines is 1. The molecule has 0 saturated carbocycles. The molecule has 3 N–H and O–H groups in total. The molecule has 5 rings (SSSR count). The lowest BCUT2D eigenvalue weighted by Gasteiger charge is -2.38. The molecule has 2 atom stereocenters. The first kappa shape index (κ1) is 27.1. The molecule has 1 aromatic carbocycles. The van der Waals surface area contributed by atoms with Crippen LogP contribution in [0.25, 0.3) is 11.5 Å². The van der Waals surface area contributed by atoms with Crippen molar-refractivity contribution in [2.75, 3.05) is 18.0 Å². The fourth-order valence-corrected chi connectivity index (χ4v) is 5.77. The zero-order chi connectivity index (χ0) is 27.7. The lowest BCUT2D eigenvalue weighted by molar-refractivity contribution is 0.00967. The molecule has 14 heteroatoms. The van der Waals surface area contributed by atoms with Crippen molar-refractivity contribution < 1.29 is 19.4 Å². The molecule has 4 aromatic rings. The third-order valence-corrected chi connectivity index (χ3v) is 8.52. The number of amides is 1. The third-order valence-electron chi connectivity index (χ3n) is 6.47. The highest BCUT2D eigenvalue weighted by Crippen LogP contribution is 2.34. The van der Waals surface area contributed by atoms with Crippen LogP contribution in [-0.2, 0) is 18.4 Å². The van der Waals surface area contributed by atoms with Crippen molar-refractivity contribution in [3.8, 4) is 11.5 Å². The summed E-state index contributed by atoms with van der Waals surface area (Å²) in [5.74, 6) is -1.10. The first-order valence-electron chi connectivity index (χ1n) is 12.1. The van der Waals surface area contributed by atoms with Gasteiger partial charge in [-0.05, 0) is 18.9 Å². The van der Waals surface area contributed by atoms with E-state index in [1.165, 1.54) is 11.0 Å². The maximum absolute atomic E-state index is 13.1. The van der Waals surface area contributed by atoms with Crippen molar-refractivity contribution in [2.45, 2.75) is 32.1 Å². The summed E-state index contributed by atoms with van der Waals surface area (Å²) < 4.78 is 7.80. The van der Waals surface area contributed by atoms with E-state index in [1.807, 2.05) is 35.2 Å². The van der Waals surface area contributed by atoms with Gasteiger partial charge >= 0.3 is 5.97 Å². The van der Waals surface area contributed by atoms with Gasteiger partial charge in [-0.2, -0.15) is 5.10 Å². The Morgan fingerprint density at radius 2 is 2.03 bits per heavy atom. The number of aromatic amines is 1. The summed E-state index contributed by atoms with van der Waals surface area (Å²) in [7, 11) is 1.68. The van der Waals surface area contributed by atoms with Gasteiger partial charge in [-0.15, -0.1) is 0 Å². The fraction of sp³-hybridized carbons (Fsp3) is 0.320. The van der Waals surface area contributed by atoms with Gasteiger partial charge in [-0.3, -0.25) is 4.79 Å². The number of carboxylic acid groups (broad SMARTS) is 1. The standard InChI is InChI=1S/C25H25Cl2N7O4S/c1-13-17(26)18(27)19(30-13)23(35)31-15-8-9-34(10-16(15)38-11-14-6-4-3-5-7-14)25-32-20(21(39-25)24(36)37)22-28-12-29-33(22)2/h3-7,12,15-16,30H,8-11H2,1-2H3,(H,31,35)(H,36,37)/t15-,16+/m1/s1. The summed E-state index contributed by atoms with van der Waals surface area (Å²) in [5, 5.41) is 17.9. The van der Waals surface area contributed by atoms with Crippen LogP contribution in [0.1, 0.15) is 37.8 Å². The molecule has 0 radical (unpaired) electrons. The van der Waals surface area contributed by atoms with Crippen LogP contribution in [0, 0.1) is 6.92 Å². The largest absolute Gasteiger partial charge is 0.477 e. The number of rotatable bonds is 8. The lowest BCUT2D eigenvalue weighted by Crippen LogP contribution is -2.55. The maximum Gasteiger partial charge on any atom is 0.348 e. The molecule has 1 aliphatic heterocycles. The smallest absolute Gasteiger partial charge is 0.348 e. The highest BCUT2D eigenvalue weighted by Gasteiger charge is 2.35. The van der Waals surface area contributed by atoms with Crippen molar-refractivity contribution in [3.05, 3.63) is 68.5 Å². The van der Waals surface area contributed by atoms with Gasteiger partial charge in [0, 0.05) is 25.8 Å². The molecule has 1 fully saturated rings. The number of benzene rings is 1. The predicted molar refractivity (Wildman–Crippen MR) is 148 cm³/mol. The van der Waals surface area contributed by atoms with Gasteiger partial charge in [0.15, 0.2) is 11.0 Å². The number of piperidine rings is 1. The molecule has 4 heterocycles. The number of hydrogen-bond donors (Lipinski definition) is 3. The number of nitrogens with zero attached hydrogens (tertiary/aromatic N) is 5. The monoisotopic (exact) mass is 589 g/mol. The van der Waals surface area contributed by atoms with E-state index in [4.69, 9.17) is 27.9 Å². The van der Waals surface area contributed by atoms with Gasteiger partial charge in [0.1, 0.15) is 22.6 Å². The summed E-state index contributed by atoms with van der Waals surface area (Å²) in [6.45, 7) is 2.96. The minimum absolute atomic E-state index is 0.0758. The Morgan fingerprint density at radius 1 is 1.26 bits per heavy atom. The van der Waals surface area contributed by atoms with Crippen LogP contribution in [0.2, 0.25) is 10.0 Å². The second-order valence-electron chi connectivity index (χ2n) is 9.09. The number of carboxylic acids is 1. The topological polar surface area (TPSA) is 138 Å². The number of carbonyl (C=O) groups excluding carboxylic acids is 1. The number of carbonyl (C=O) groups is 2. The Balaban J connectivity index is 1.39. The highest BCUT2D eigenvalue weighted by molar-refractivity contribution is 7.17. The Kier molecular flexibility index (Phi) is 7.89. The van der Waals surface area contributed by atoms with Crippen molar-refractivity contribution >= 4 is 51.5 Å². The van der Waals surface area contributed by atoms with Crippen LogP contribution in [0.4, 0.5) is 5.13 Å². The van der Waals surface area contributed by atoms with E-state index in [-0.39, 0.29) is 33.2 Å². The molecule has 3 aromatic heterocycles. The van der Waals surface area contributed by atoms with E-state index in [0.29, 0.717) is 47.8 Å². The molecule has 39 heavy (non-hydrogen) atoms. The highest BCUT2D eigenvalue weighted by atomic mass is 35.5. The minimum Gasteiger partial charge on any atom is -0.477 e. The van der Waals surface area contributed by atoms with E-state index in [2.05, 4.69) is 25.4 Å². The number of thiazole rings is 1. The SMILES string of the molecule is Cc1[nH]c(C(=O)N[C@@H]2CCN(c3nc(-c4ncnn4C)c(C(=O)O)s3)C[C@@H]2OCc2ccccc2)c(Cl)c1Cl. The Labute approximate surface area is 237 Å². The molecular formula is C25H25Cl2N7O4S.